The van der Waals surface area contributed by atoms with Gasteiger partial charge in [0.15, 0.2) is 5.76 Å². The monoisotopic (exact) mass is 392 g/mol. The van der Waals surface area contributed by atoms with Gasteiger partial charge in [0.05, 0.1) is 4.90 Å². The summed E-state index contributed by atoms with van der Waals surface area (Å²) in [7, 11) is -1.77. The van der Waals surface area contributed by atoms with Crippen molar-refractivity contribution >= 4 is 26.9 Å². The summed E-state index contributed by atoms with van der Waals surface area (Å²) in [5, 5.41) is 0.637. The standard InChI is InChI=1S/C20H28N2O4S/c1-3-4-11-21(2)20(23)19-15-16-14-17(9-10-18(16)26-19)27(24,25)22-12-7-5-6-8-13-22/h9-10,14-15H,3-8,11-13H2,1-2H3. The molecule has 1 fully saturated rings. The Balaban J connectivity index is 1.86. The van der Waals surface area contributed by atoms with E-state index in [0.717, 1.165) is 38.5 Å². The highest BCUT2D eigenvalue weighted by Gasteiger charge is 2.26. The van der Waals surface area contributed by atoms with Crippen molar-refractivity contribution in [1.82, 2.24) is 9.21 Å². The van der Waals surface area contributed by atoms with Crippen molar-refractivity contribution in [3.63, 3.8) is 0 Å². The van der Waals surface area contributed by atoms with Crippen LogP contribution in [0.5, 0.6) is 0 Å². The van der Waals surface area contributed by atoms with Crippen LogP contribution in [0, 0.1) is 0 Å². The number of rotatable bonds is 6. The summed E-state index contributed by atoms with van der Waals surface area (Å²) in [5.41, 5.74) is 0.525. The summed E-state index contributed by atoms with van der Waals surface area (Å²) >= 11 is 0. The fourth-order valence-electron chi connectivity index (χ4n) is 3.40. The molecule has 0 unspecified atom stereocenters. The molecule has 0 atom stereocenters. The maximum absolute atomic E-state index is 13.0. The zero-order valence-corrected chi connectivity index (χ0v) is 16.9. The molecule has 2 aromatic rings. The smallest absolute Gasteiger partial charge is 0.289 e. The summed E-state index contributed by atoms with van der Waals surface area (Å²) in [4.78, 5) is 14.4. The number of sulfonamides is 1. The van der Waals surface area contributed by atoms with Crippen LogP contribution in [0.1, 0.15) is 56.0 Å². The fourth-order valence-corrected chi connectivity index (χ4v) is 4.96. The first-order valence-electron chi connectivity index (χ1n) is 9.72. The molecule has 3 rings (SSSR count). The van der Waals surface area contributed by atoms with Gasteiger partial charge in [-0.25, -0.2) is 8.42 Å². The van der Waals surface area contributed by atoms with E-state index in [4.69, 9.17) is 4.42 Å². The van der Waals surface area contributed by atoms with Gasteiger partial charge in [-0.3, -0.25) is 4.79 Å². The predicted octanol–water partition coefficient (Wildman–Crippen LogP) is 3.87. The van der Waals surface area contributed by atoms with Gasteiger partial charge in [-0.15, -0.1) is 0 Å². The number of carbonyl (C=O) groups is 1. The van der Waals surface area contributed by atoms with E-state index in [2.05, 4.69) is 6.92 Å². The molecule has 1 aromatic heterocycles. The summed E-state index contributed by atoms with van der Waals surface area (Å²) in [6, 6.07) is 6.47. The molecule has 0 N–H and O–H groups in total. The molecule has 148 valence electrons. The van der Waals surface area contributed by atoms with Gasteiger partial charge in [-0.05, 0) is 43.5 Å². The average molecular weight is 393 g/mol. The predicted molar refractivity (Wildman–Crippen MR) is 105 cm³/mol. The van der Waals surface area contributed by atoms with E-state index >= 15 is 0 Å². The van der Waals surface area contributed by atoms with Crippen molar-refractivity contribution in [3.05, 3.63) is 30.0 Å². The van der Waals surface area contributed by atoms with E-state index in [1.54, 1.807) is 40.5 Å². The van der Waals surface area contributed by atoms with Crippen LogP contribution in [-0.4, -0.2) is 50.2 Å². The normalized spacial score (nSPS) is 16.4. The SMILES string of the molecule is CCCCN(C)C(=O)c1cc2cc(S(=O)(=O)N3CCCCCC3)ccc2o1. The van der Waals surface area contributed by atoms with Crippen molar-refractivity contribution in [2.24, 2.45) is 0 Å². The lowest BCUT2D eigenvalue weighted by Crippen LogP contribution is -2.31. The van der Waals surface area contributed by atoms with Crippen LogP contribution in [0.4, 0.5) is 0 Å². The van der Waals surface area contributed by atoms with Gasteiger partial charge in [-0.2, -0.15) is 4.31 Å². The second kappa shape index (κ2) is 8.44. The van der Waals surface area contributed by atoms with Crippen LogP contribution in [0.25, 0.3) is 11.0 Å². The number of benzene rings is 1. The van der Waals surface area contributed by atoms with Crippen LogP contribution < -0.4 is 0 Å². The van der Waals surface area contributed by atoms with E-state index in [-0.39, 0.29) is 16.6 Å². The zero-order chi connectivity index (χ0) is 19.4. The fraction of sp³-hybridized carbons (Fsp3) is 0.550. The molecule has 2 heterocycles. The molecule has 1 saturated heterocycles. The Morgan fingerprint density at radius 3 is 2.52 bits per heavy atom. The lowest BCUT2D eigenvalue weighted by Gasteiger charge is -2.19. The van der Waals surface area contributed by atoms with Gasteiger partial charge in [-0.1, -0.05) is 26.2 Å². The molecule has 6 nitrogen and oxygen atoms in total. The van der Waals surface area contributed by atoms with Gasteiger partial charge in [0.1, 0.15) is 5.58 Å². The van der Waals surface area contributed by atoms with Crippen LogP contribution in [0.2, 0.25) is 0 Å². The lowest BCUT2D eigenvalue weighted by atomic mass is 10.2. The third-order valence-corrected chi connectivity index (χ3v) is 6.99. The molecule has 7 heteroatoms. The molecule has 1 aliphatic heterocycles. The number of fused-ring (bicyclic) bond motifs is 1. The summed E-state index contributed by atoms with van der Waals surface area (Å²) in [5.74, 6) is 0.0597. The van der Waals surface area contributed by atoms with Crippen LogP contribution in [0.3, 0.4) is 0 Å². The molecule has 1 aliphatic rings. The first kappa shape index (κ1) is 19.9. The minimum atomic E-state index is -3.52. The van der Waals surface area contributed by atoms with Gasteiger partial charge < -0.3 is 9.32 Å². The molecule has 0 aliphatic carbocycles. The van der Waals surface area contributed by atoms with Crippen molar-refractivity contribution in [2.75, 3.05) is 26.7 Å². The number of amides is 1. The zero-order valence-electron chi connectivity index (χ0n) is 16.1. The first-order valence-corrected chi connectivity index (χ1v) is 11.2. The second-order valence-electron chi connectivity index (χ2n) is 7.21. The van der Waals surface area contributed by atoms with Gasteiger partial charge in [0, 0.05) is 32.1 Å². The highest BCUT2D eigenvalue weighted by atomic mass is 32.2. The van der Waals surface area contributed by atoms with E-state index in [9.17, 15) is 13.2 Å². The van der Waals surface area contributed by atoms with Gasteiger partial charge in [0.25, 0.3) is 5.91 Å². The first-order chi connectivity index (χ1) is 12.9. The highest BCUT2D eigenvalue weighted by Crippen LogP contribution is 2.26. The third kappa shape index (κ3) is 4.35. The molecular weight excluding hydrogens is 364 g/mol. The Hall–Kier alpha value is -1.86. The van der Waals surface area contributed by atoms with E-state index < -0.39 is 10.0 Å². The molecule has 0 saturated carbocycles. The number of hydrogen-bond acceptors (Lipinski definition) is 4. The quantitative estimate of drug-likeness (QED) is 0.748. The Labute approximate surface area is 161 Å². The number of unbranched alkanes of at least 4 members (excludes halogenated alkanes) is 1. The summed E-state index contributed by atoms with van der Waals surface area (Å²) in [6.07, 6.45) is 5.88. The summed E-state index contributed by atoms with van der Waals surface area (Å²) < 4.78 is 33.2. The van der Waals surface area contributed by atoms with Crippen LogP contribution >= 0.6 is 0 Å². The molecule has 0 bridgehead atoms. The van der Waals surface area contributed by atoms with Crippen molar-refractivity contribution in [1.29, 1.82) is 0 Å². The van der Waals surface area contributed by atoms with Gasteiger partial charge >= 0.3 is 0 Å². The highest BCUT2D eigenvalue weighted by molar-refractivity contribution is 7.89. The Kier molecular flexibility index (Phi) is 6.22. The Morgan fingerprint density at radius 1 is 1.15 bits per heavy atom. The molecule has 27 heavy (non-hydrogen) atoms. The topological polar surface area (TPSA) is 70.8 Å². The number of nitrogens with zero attached hydrogens (tertiary/aromatic N) is 2. The van der Waals surface area contributed by atoms with Crippen molar-refractivity contribution in [2.45, 2.75) is 50.3 Å². The molecule has 1 amide bonds. The molecule has 1 aromatic carbocycles. The average Bonchev–Trinajstić information content (AvgIpc) is 2.88. The maximum atomic E-state index is 13.0. The van der Waals surface area contributed by atoms with E-state index in [1.807, 2.05) is 0 Å². The van der Waals surface area contributed by atoms with Crippen LogP contribution in [-0.2, 0) is 10.0 Å². The van der Waals surface area contributed by atoms with E-state index in [0.29, 0.717) is 30.6 Å². The van der Waals surface area contributed by atoms with E-state index in [1.165, 1.54) is 0 Å². The number of furan rings is 1. The second-order valence-corrected chi connectivity index (χ2v) is 9.15. The minimum absolute atomic E-state index is 0.184. The summed E-state index contributed by atoms with van der Waals surface area (Å²) in [6.45, 7) is 3.88. The Bertz CT molecular complexity index is 896. The molecule has 0 radical (unpaired) electrons. The minimum Gasteiger partial charge on any atom is -0.451 e. The maximum Gasteiger partial charge on any atom is 0.289 e. The Morgan fingerprint density at radius 2 is 1.85 bits per heavy atom. The number of hydrogen-bond donors (Lipinski definition) is 0. The largest absolute Gasteiger partial charge is 0.451 e. The number of carbonyl (C=O) groups excluding carboxylic acids is 1. The third-order valence-electron chi connectivity index (χ3n) is 5.10. The lowest BCUT2D eigenvalue weighted by molar-refractivity contribution is 0.0764. The molecular formula is C20H28N2O4S. The van der Waals surface area contributed by atoms with Crippen molar-refractivity contribution in [3.8, 4) is 0 Å². The molecule has 0 spiro atoms. The van der Waals surface area contributed by atoms with Crippen molar-refractivity contribution < 1.29 is 17.6 Å². The van der Waals surface area contributed by atoms with Gasteiger partial charge in [0.2, 0.25) is 10.0 Å². The van der Waals surface area contributed by atoms with Crippen LogP contribution in [0.15, 0.2) is 33.6 Å².